The number of likely N-dealkylation sites (N-methyl/N-ethyl adjacent to an activating group) is 1. The fourth-order valence-electron chi connectivity index (χ4n) is 3.10. The second-order valence-electron chi connectivity index (χ2n) is 5.29. The lowest BCUT2D eigenvalue weighted by Gasteiger charge is -2.25. The van der Waals surface area contributed by atoms with E-state index in [1.807, 2.05) is 4.90 Å². The molecule has 1 saturated heterocycles. The SMILES string of the molecule is CCN1C(=O)CC(N2CCc3ccc(C(=O)O)cc32)C1=O. The van der Waals surface area contributed by atoms with Crippen LogP contribution in [0.15, 0.2) is 18.2 Å². The highest BCUT2D eigenvalue weighted by molar-refractivity contribution is 6.07. The van der Waals surface area contributed by atoms with Crippen molar-refractivity contribution in [1.29, 1.82) is 0 Å². The molecule has 2 aliphatic heterocycles. The summed E-state index contributed by atoms with van der Waals surface area (Å²) in [5, 5.41) is 9.09. The average Bonchev–Trinajstić information content (AvgIpc) is 2.99. The molecule has 1 unspecified atom stereocenters. The lowest BCUT2D eigenvalue weighted by atomic mass is 10.1. The van der Waals surface area contributed by atoms with Crippen molar-refractivity contribution in [3.8, 4) is 0 Å². The zero-order chi connectivity index (χ0) is 15.1. The first-order valence-corrected chi connectivity index (χ1v) is 7.00. The summed E-state index contributed by atoms with van der Waals surface area (Å²) >= 11 is 0. The molecule has 0 spiro atoms. The van der Waals surface area contributed by atoms with Crippen LogP contribution in [0.4, 0.5) is 5.69 Å². The Balaban J connectivity index is 1.94. The normalized spacial score (nSPS) is 21.1. The van der Waals surface area contributed by atoms with Gasteiger partial charge in [0, 0.05) is 18.8 Å². The highest BCUT2D eigenvalue weighted by Gasteiger charge is 2.42. The smallest absolute Gasteiger partial charge is 0.335 e. The van der Waals surface area contributed by atoms with Crippen LogP contribution in [0.1, 0.15) is 29.3 Å². The fourth-order valence-corrected chi connectivity index (χ4v) is 3.10. The van der Waals surface area contributed by atoms with Crippen LogP contribution in [0.25, 0.3) is 0 Å². The van der Waals surface area contributed by atoms with E-state index in [0.717, 1.165) is 17.7 Å². The van der Waals surface area contributed by atoms with Gasteiger partial charge in [0.25, 0.3) is 5.91 Å². The Morgan fingerprint density at radius 2 is 2.14 bits per heavy atom. The van der Waals surface area contributed by atoms with Crippen molar-refractivity contribution < 1.29 is 19.5 Å². The van der Waals surface area contributed by atoms with E-state index in [4.69, 9.17) is 5.11 Å². The molecule has 1 N–H and O–H groups in total. The van der Waals surface area contributed by atoms with Crippen LogP contribution in [-0.2, 0) is 16.0 Å². The van der Waals surface area contributed by atoms with Crippen molar-refractivity contribution in [2.45, 2.75) is 25.8 Å². The number of carbonyl (C=O) groups excluding carboxylic acids is 2. The number of carbonyl (C=O) groups is 3. The molecule has 1 aromatic rings. The number of hydrogen-bond donors (Lipinski definition) is 1. The summed E-state index contributed by atoms with van der Waals surface area (Å²) < 4.78 is 0. The minimum absolute atomic E-state index is 0.157. The highest BCUT2D eigenvalue weighted by Crippen LogP contribution is 2.33. The Bertz CT molecular complexity index is 641. The summed E-state index contributed by atoms with van der Waals surface area (Å²) in [6, 6.07) is 4.46. The van der Waals surface area contributed by atoms with Gasteiger partial charge in [-0.05, 0) is 31.0 Å². The summed E-state index contributed by atoms with van der Waals surface area (Å²) in [6.45, 7) is 2.79. The van der Waals surface area contributed by atoms with Crippen LogP contribution >= 0.6 is 0 Å². The van der Waals surface area contributed by atoms with E-state index in [0.29, 0.717) is 13.1 Å². The van der Waals surface area contributed by atoms with Gasteiger partial charge >= 0.3 is 5.97 Å². The number of nitrogens with zero attached hydrogens (tertiary/aromatic N) is 2. The molecular weight excluding hydrogens is 272 g/mol. The zero-order valence-electron chi connectivity index (χ0n) is 11.7. The van der Waals surface area contributed by atoms with E-state index < -0.39 is 12.0 Å². The fraction of sp³-hybridized carbons (Fsp3) is 0.400. The predicted molar refractivity (Wildman–Crippen MR) is 75.3 cm³/mol. The first-order chi connectivity index (χ1) is 10.0. The van der Waals surface area contributed by atoms with E-state index in [1.165, 1.54) is 4.90 Å². The van der Waals surface area contributed by atoms with E-state index >= 15 is 0 Å². The highest BCUT2D eigenvalue weighted by atomic mass is 16.4. The summed E-state index contributed by atoms with van der Waals surface area (Å²) in [6.07, 6.45) is 0.933. The monoisotopic (exact) mass is 288 g/mol. The van der Waals surface area contributed by atoms with Crippen LogP contribution in [-0.4, -0.2) is 46.9 Å². The van der Waals surface area contributed by atoms with Crippen molar-refractivity contribution in [3.05, 3.63) is 29.3 Å². The van der Waals surface area contributed by atoms with Gasteiger partial charge in [-0.25, -0.2) is 4.79 Å². The van der Waals surface area contributed by atoms with E-state index in [-0.39, 0.29) is 23.8 Å². The van der Waals surface area contributed by atoms with Crippen molar-refractivity contribution in [2.24, 2.45) is 0 Å². The topological polar surface area (TPSA) is 77.9 Å². The van der Waals surface area contributed by atoms with Crippen LogP contribution in [0.3, 0.4) is 0 Å². The number of carboxylic acid groups (broad SMARTS) is 1. The van der Waals surface area contributed by atoms with E-state index in [1.54, 1.807) is 25.1 Å². The van der Waals surface area contributed by atoms with Gasteiger partial charge in [-0.3, -0.25) is 14.5 Å². The molecule has 6 heteroatoms. The number of anilines is 1. The molecule has 0 aromatic heterocycles. The summed E-state index contributed by atoms with van der Waals surface area (Å²) in [7, 11) is 0. The molecule has 2 amide bonds. The lowest BCUT2D eigenvalue weighted by Crippen LogP contribution is -2.41. The maximum atomic E-state index is 12.3. The first kappa shape index (κ1) is 13.6. The molecule has 3 rings (SSSR count). The minimum atomic E-state index is -0.992. The number of benzene rings is 1. The van der Waals surface area contributed by atoms with Crippen LogP contribution < -0.4 is 4.90 Å². The number of hydrogen-bond acceptors (Lipinski definition) is 4. The summed E-state index contributed by atoms with van der Waals surface area (Å²) in [5.41, 5.74) is 1.99. The average molecular weight is 288 g/mol. The Morgan fingerprint density at radius 1 is 1.38 bits per heavy atom. The third-order valence-corrected chi connectivity index (χ3v) is 4.18. The first-order valence-electron chi connectivity index (χ1n) is 7.00. The quantitative estimate of drug-likeness (QED) is 0.836. The molecule has 2 heterocycles. The summed E-state index contributed by atoms with van der Waals surface area (Å²) in [5.74, 6) is -1.33. The number of carboxylic acids is 1. The standard InChI is InChI=1S/C15H16N2O4/c1-2-16-13(18)8-12(14(16)19)17-6-5-9-3-4-10(15(20)21)7-11(9)17/h3-4,7,12H,2,5-6,8H2,1H3,(H,20,21). The number of likely N-dealkylation sites (tertiary alicyclic amines) is 1. The number of amides is 2. The van der Waals surface area contributed by atoms with Gasteiger partial charge < -0.3 is 10.0 Å². The van der Waals surface area contributed by atoms with Gasteiger partial charge in [0.1, 0.15) is 6.04 Å². The molecule has 1 aromatic carbocycles. The minimum Gasteiger partial charge on any atom is -0.478 e. The Morgan fingerprint density at radius 3 is 2.76 bits per heavy atom. The number of imide groups is 1. The molecule has 0 bridgehead atoms. The van der Waals surface area contributed by atoms with E-state index in [9.17, 15) is 14.4 Å². The molecule has 2 aliphatic rings. The molecular formula is C15H16N2O4. The molecule has 0 aliphatic carbocycles. The number of rotatable bonds is 3. The molecule has 0 radical (unpaired) electrons. The van der Waals surface area contributed by atoms with Gasteiger partial charge in [0.05, 0.1) is 12.0 Å². The van der Waals surface area contributed by atoms with Gasteiger partial charge in [-0.15, -0.1) is 0 Å². The molecule has 1 fully saturated rings. The molecule has 0 saturated carbocycles. The van der Waals surface area contributed by atoms with Crippen molar-refractivity contribution >= 4 is 23.5 Å². The van der Waals surface area contributed by atoms with Crippen molar-refractivity contribution in [3.63, 3.8) is 0 Å². The number of fused-ring (bicyclic) bond motifs is 1. The van der Waals surface area contributed by atoms with Gasteiger partial charge in [-0.1, -0.05) is 6.07 Å². The van der Waals surface area contributed by atoms with Crippen LogP contribution in [0.5, 0.6) is 0 Å². The Kier molecular flexibility index (Phi) is 3.16. The molecule has 1 atom stereocenters. The van der Waals surface area contributed by atoms with Gasteiger partial charge in [0.15, 0.2) is 0 Å². The third-order valence-electron chi connectivity index (χ3n) is 4.18. The molecule has 110 valence electrons. The third kappa shape index (κ3) is 2.07. The molecule has 21 heavy (non-hydrogen) atoms. The van der Waals surface area contributed by atoms with Gasteiger partial charge in [0.2, 0.25) is 5.91 Å². The largest absolute Gasteiger partial charge is 0.478 e. The number of aromatic carboxylic acids is 1. The van der Waals surface area contributed by atoms with Crippen LogP contribution in [0.2, 0.25) is 0 Å². The lowest BCUT2D eigenvalue weighted by molar-refractivity contribution is -0.138. The zero-order valence-corrected chi connectivity index (χ0v) is 11.7. The Hall–Kier alpha value is -2.37. The second-order valence-corrected chi connectivity index (χ2v) is 5.29. The second kappa shape index (κ2) is 4.87. The molecule has 6 nitrogen and oxygen atoms in total. The van der Waals surface area contributed by atoms with Crippen molar-refractivity contribution in [1.82, 2.24) is 4.90 Å². The van der Waals surface area contributed by atoms with Crippen LogP contribution in [0, 0.1) is 0 Å². The predicted octanol–water partition coefficient (Wildman–Crippen LogP) is 0.895. The van der Waals surface area contributed by atoms with Crippen molar-refractivity contribution in [2.75, 3.05) is 18.0 Å². The Labute approximate surface area is 122 Å². The maximum absolute atomic E-state index is 12.3. The van der Waals surface area contributed by atoms with E-state index in [2.05, 4.69) is 0 Å². The maximum Gasteiger partial charge on any atom is 0.335 e. The summed E-state index contributed by atoms with van der Waals surface area (Å²) in [4.78, 5) is 38.4. The van der Waals surface area contributed by atoms with Gasteiger partial charge in [-0.2, -0.15) is 0 Å².